The zero-order valence-electron chi connectivity index (χ0n) is 7.90. The summed E-state index contributed by atoms with van der Waals surface area (Å²) in [6, 6.07) is 0.830. The molecule has 0 radical (unpaired) electrons. The Kier molecular flexibility index (Phi) is 3.92. The zero-order valence-corrected chi connectivity index (χ0v) is 7.90. The molecule has 0 aliphatic carbocycles. The molecule has 1 aliphatic heterocycles. The Balaban J connectivity index is 2.09. The molecule has 0 spiro atoms. The first-order valence-electron chi connectivity index (χ1n) is 5.10. The van der Waals surface area contributed by atoms with E-state index in [0.29, 0.717) is 0 Å². The van der Waals surface area contributed by atoms with Gasteiger partial charge in [0.1, 0.15) is 0 Å². The van der Waals surface area contributed by atoms with Gasteiger partial charge in [-0.25, -0.2) is 0 Å². The molecule has 66 valence electrons. The van der Waals surface area contributed by atoms with Gasteiger partial charge in [-0.2, -0.15) is 0 Å². The van der Waals surface area contributed by atoms with Crippen LogP contribution in [0.3, 0.4) is 0 Å². The third-order valence-corrected chi connectivity index (χ3v) is 2.77. The lowest BCUT2D eigenvalue weighted by atomic mass is 9.98. The molecular formula is C10H21N. The van der Waals surface area contributed by atoms with Gasteiger partial charge in [-0.1, -0.05) is 26.7 Å². The Morgan fingerprint density at radius 3 is 2.73 bits per heavy atom. The summed E-state index contributed by atoms with van der Waals surface area (Å²) >= 11 is 0. The molecule has 1 saturated heterocycles. The van der Waals surface area contributed by atoms with Crippen LogP contribution in [0.15, 0.2) is 0 Å². The molecule has 2 atom stereocenters. The van der Waals surface area contributed by atoms with E-state index in [1.54, 1.807) is 0 Å². The van der Waals surface area contributed by atoms with Crippen LogP contribution in [0, 0.1) is 5.92 Å². The fourth-order valence-electron chi connectivity index (χ4n) is 1.93. The largest absolute Gasteiger partial charge is 0.314 e. The van der Waals surface area contributed by atoms with Crippen molar-refractivity contribution in [3.8, 4) is 0 Å². The van der Waals surface area contributed by atoms with Gasteiger partial charge >= 0.3 is 0 Å². The quantitative estimate of drug-likeness (QED) is 0.658. The molecule has 2 unspecified atom stereocenters. The maximum Gasteiger partial charge on any atom is 0.00676 e. The number of hydrogen-bond acceptors (Lipinski definition) is 1. The molecule has 1 N–H and O–H groups in total. The van der Waals surface area contributed by atoms with Crippen LogP contribution in [0.5, 0.6) is 0 Å². The third kappa shape index (κ3) is 2.82. The van der Waals surface area contributed by atoms with Crippen LogP contribution in [0.25, 0.3) is 0 Å². The lowest BCUT2D eigenvalue weighted by molar-refractivity contribution is 0.488. The number of unbranched alkanes of at least 4 members (excludes halogenated alkanes) is 1. The topological polar surface area (TPSA) is 12.0 Å². The van der Waals surface area contributed by atoms with Crippen LogP contribution in [-0.2, 0) is 0 Å². The standard InChI is InChI=1S/C10H21N/c1-3-5-6-9-7-10(4-2)11-8-9/h9-11H,3-8H2,1-2H3. The van der Waals surface area contributed by atoms with Crippen molar-refractivity contribution in [3.05, 3.63) is 0 Å². The van der Waals surface area contributed by atoms with Gasteiger partial charge in [-0.15, -0.1) is 0 Å². The predicted molar refractivity (Wildman–Crippen MR) is 49.7 cm³/mol. The molecule has 1 heteroatoms. The number of rotatable bonds is 4. The van der Waals surface area contributed by atoms with Crippen LogP contribution < -0.4 is 5.32 Å². The van der Waals surface area contributed by atoms with E-state index in [4.69, 9.17) is 0 Å². The fraction of sp³-hybridized carbons (Fsp3) is 1.00. The van der Waals surface area contributed by atoms with Gasteiger partial charge in [-0.3, -0.25) is 0 Å². The molecule has 0 amide bonds. The summed E-state index contributed by atoms with van der Waals surface area (Å²) < 4.78 is 0. The van der Waals surface area contributed by atoms with Gasteiger partial charge in [-0.05, 0) is 31.7 Å². The first kappa shape index (κ1) is 9.05. The van der Waals surface area contributed by atoms with Crippen molar-refractivity contribution in [1.82, 2.24) is 5.32 Å². The van der Waals surface area contributed by atoms with Crippen molar-refractivity contribution < 1.29 is 0 Å². The lowest BCUT2D eigenvalue weighted by Crippen LogP contribution is -2.19. The molecule has 11 heavy (non-hydrogen) atoms. The predicted octanol–water partition coefficient (Wildman–Crippen LogP) is 2.56. The Morgan fingerprint density at radius 2 is 2.18 bits per heavy atom. The number of nitrogens with one attached hydrogen (secondary N) is 1. The SMILES string of the molecule is CCCCC1CNC(CC)C1. The maximum atomic E-state index is 3.57. The van der Waals surface area contributed by atoms with Crippen molar-refractivity contribution >= 4 is 0 Å². The number of hydrogen-bond donors (Lipinski definition) is 1. The van der Waals surface area contributed by atoms with E-state index in [9.17, 15) is 0 Å². The maximum absolute atomic E-state index is 3.57. The van der Waals surface area contributed by atoms with Gasteiger partial charge in [0.25, 0.3) is 0 Å². The minimum atomic E-state index is 0.830. The highest BCUT2D eigenvalue weighted by Gasteiger charge is 2.21. The van der Waals surface area contributed by atoms with E-state index in [0.717, 1.165) is 12.0 Å². The van der Waals surface area contributed by atoms with Crippen LogP contribution >= 0.6 is 0 Å². The molecular weight excluding hydrogens is 134 g/mol. The van der Waals surface area contributed by atoms with Crippen LogP contribution in [-0.4, -0.2) is 12.6 Å². The molecule has 0 aromatic heterocycles. The van der Waals surface area contributed by atoms with Crippen molar-refractivity contribution in [2.24, 2.45) is 5.92 Å². The molecule has 1 aliphatic rings. The average molecular weight is 155 g/mol. The summed E-state index contributed by atoms with van der Waals surface area (Å²) in [5, 5.41) is 3.57. The molecule has 0 saturated carbocycles. The first-order chi connectivity index (χ1) is 5.36. The Labute approximate surface area is 70.6 Å². The molecule has 0 bridgehead atoms. The van der Waals surface area contributed by atoms with Crippen LogP contribution in [0.1, 0.15) is 46.0 Å². The second-order valence-corrected chi connectivity index (χ2v) is 3.76. The Hall–Kier alpha value is -0.0400. The van der Waals surface area contributed by atoms with Crippen molar-refractivity contribution in [1.29, 1.82) is 0 Å². The van der Waals surface area contributed by atoms with Crippen molar-refractivity contribution in [2.75, 3.05) is 6.54 Å². The summed E-state index contributed by atoms with van der Waals surface area (Å²) in [4.78, 5) is 0. The first-order valence-corrected chi connectivity index (χ1v) is 5.10. The minimum Gasteiger partial charge on any atom is -0.314 e. The summed E-state index contributed by atoms with van der Waals surface area (Å²) in [5.74, 6) is 0.986. The highest BCUT2D eigenvalue weighted by atomic mass is 14.9. The van der Waals surface area contributed by atoms with E-state index < -0.39 is 0 Å². The van der Waals surface area contributed by atoms with Crippen LogP contribution in [0.2, 0.25) is 0 Å². The fourth-order valence-corrected chi connectivity index (χ4v) is 1.93. The average Bonchev–Trinajstić information content (AvgIpc) is 2.48. The molecule has 1 rings (SSSR count). The summed E-state index contributed by atoms with van der Waals surface area (Å²) in [6.45, 7) is 5.83. The second kappa shape index (κ2) is 4.76. The van der Waals surface area contributed by atoms with E-state index in [1.165, 1.54) is 38.6 Å². The summed E-state index contributed by atoms with van der Waals surface area (Å²) in [7, 11) is 0. The van der Waals surface area contributed by atoms with Crippen molar-refractivity contribution in [3.63, 3.8) is 0 Å². The van der Waals surface area contributed by atoms with E-state index in [1.807, 2.05) is 0 Å². The van der Waals surface area contributed by atoms with Crippen molar-refractivity contribution in [2.45, 2.75) is 52.0 Å². The second-order valence-electron chi connectivity index (χ2n) is 3.76. The van der Waals surface area contributed by atoms with E-state index in [-0.39, 0.29) is 0 Å². The van der Waals surface area contributed by atoms with Gasteiger partial charge in [0.2, 0.25) is 0 Å². The smallest absolute Gasteiger partial charge is 0.00676 e. The highest BCUT2D eigenvalue weighted by molar-refractivity contribution is 4.79. The molecule has 0 aromatic carbocycles. The Morgan fingerprint density at radius 1 is 1.36 bits per heavy atom. The third-order valence-electron chi connectivity index (χ3n) is 2.77. The van der Waals surface area contributed by atoms with Gasteiger partial charge in [0.15, 0.2) is 0 Å². The normalized spacial score (nSPS) is 31.1. The molecule has 1 heterocycles. The van der Waals surface area contributed by atoms with E-state index in [2.05, 4.69) is 19.2 Å². The molecule has 1 fully saturated rings. The summed E-state index contributed by atoms with van der Waals surface area (Å²) in [5.41, 5.74) is 0. The zero-order chi connectivity index (χ0) is 8.10. The monoisotopic (exact) mass is 155 g/mol. The van der Waals surface area contributed by atoms with E-state index >= 15 is 0 Å². The van der Waals surface area contributed by atoms with Gasteiger partial charge in [0, 0.05) is 6.04 Å². The molecule has 0 aromatic rings. The van der Waals surface area contributed by atoms with Gasteiger partial charge in [0.05, 0.1) is 0 Å². The minimum absolute atomic E-state index is 0.830. The molecule has 1 nitrogen and oxygen atoms in total. The van der Waals surface area contributed by atoms with Gasteiger partial charge < -0.3 is 5.32 Å². The lowest BCUT2D eigenvalue weighted by Gasteiger charge is -2.06. The highest BCUT2D eigenvalue weighted by Crippen LogP contribution is 2.21. The van der Waals surface area contributed by atoms with Crippen LogP contribution in [0.4, 0.5) is 0 Å². The Bertz CT molecular complexity index is 101. The summed E-state index contributed by atoms with van der Waals surface area (Å²) in [6.07, 6.45) is 6.95.